The lowest BCUT2D eigenvalue weighted by molar-refractivity contribution is 1.40. The lowest BCUT2D eigenvalue weighted by atomic mass is 10.0. The maximum Gasteiger partial charge on any atom is 0.102 e. The number of thiazole rings is 1. The Morgan fingerprint density at radius 3 is 2.62 bits per heavy atom. The Kier molecular flexibility index (Phi) is 2.99. The maximum absolute atomic E-state index is 9.15. The third-order valence-corrected chi connectivity index (χ3v) is 2.95. The number of rotatable bonds is 2. The van der Waals surface area contributed by atoms with Gasteiger partial charge in [-0.1, -0.05) is 30.3 Å². The van der Waals surface area contributed by atoms with Gasteiger partial charge in [0.15, 0.2) is 0 Å². The molecule has 2 aromatic rings. The molecule has 0 spiro atoms. The molecule has 0 saturated heterocycles. The van der Waals surface area contributed by atoms with E-state index in [1.54, 1.807) is 11.7 Å². The monoisotopic (exact) mass is 227 g/mol. The quantitative estimate of drug-likeness (QED) is 0.802. The molecule has 0 atom stereocenters. The smallest absolute Gasteiger partial charge is 0.102 e. The van der Waals surface area contributed by atoms with E-state index < -0.39 is 0 Å². The van der Waals surface area contributed by atoms with Crippen molar-refractivity contribution in [3.05, 3.63) is 52.5 Å². The Balaban J connectivity index is 2.52. The molecule has 0 aliphatic heterocycles. The maximum atomic E-state index is 9.15. The first-order chi connectivity index (χ1) is 7.83. The van der Waals surface area contributed by atoms with E-state index in [1.165, 1.54) is 11.3 Å². The lowest BCUT2D eigenvalue weighted by Crippen LogP contribution is -1.98. The second-order valence-electron chi connectivity index (χ2n) is 3.13. The van der Waals surface area contributed by atoms with Gasteiger partial charge < -0.3 is 5.73 Å². The molecule has 1 heterocycles. The molecule has 0 saturated carbocycles. The van der Waals surface area contributed by atoms with Gasteiger partial charge in [0, 0.05) is 6.20 Å². The molecule has 2 rings (SSSR count). The molecular weight excluding hydrogens is 218 g/mol. The van der Waals surface area contributed by atoms with Crippen LogP contribution in [0, 0.1) is 11.3 Å². The van der Waals surface area contributed by atoms with E-state index in [2.05, 4.69) is 11.1 Å². The average molecular weight is 227 g/mol. The standard InChI is InChI=1S/C12H9N3S/c13-6-10(9-4-2-1-3-5-9)12(14)11-7-15-8-16-11/h1-5,7-8H,14H2/b12-10-. The molecule has 4 heteroatoms. The van der Waals surface area contributed by atoms with E-state index in [1.807, 2.05) is 30.3 Å². The van der Waals surface area contributed by atoms with Crippen LogP contribution in [0.3, 0.4) is 0 Å². The summed E-state index contributed by atoms with van der Waals surface area (Å²) < 4.78 is 0. The summed E-state index contributed by atoms with van der Waals surface area (Å²) in [5, 5.41) is 9.15. The van der Waals surface area contributed by atoms with Crippen LogP contribution in [0.15, 0.2) is 42.0 Å². The minimum atomic E-state index is 0.483. The molecule has 0 radical (unpaired) electrons. The van der Waals surface area contributed by atoms with Gasteiger partial charge in [0.1, 0.15) is 6.07 Å². The van der Waals surface area contributed by atoms with Crippen LogP contribution in [0.1, 0.15) is 10.4 Å². The van der Waals surface area contributed by atoms with Gasteiger partial charge in [-0.05, 0) is 5.56 Å². The van der Waals surface area contributed by atoms with Crippen molar-refractivity contribution in [1.82, 2.24) is 4.98 Å². The number of aromatic nitrogens is 1. The highest BCUT2D eigenvalue weighted by atomic mass is 32.1. The summed E-state index contributed by atoms with van der Waals surface area (Å²) in [6, 6.07) is 11.5. The Hall–Kier alpha value is -2.12. The van der Waals surface area contributed by atoms with Gasteiger partial charge in [0.25, 0.3) is 0 Å². The predicted octanol–water partition coefficient (Wildman–Crippen LogP) is 2.49. The van der Waals surface area contributed by atoms with Crippen molar-refractivity contribution in [3.8, 4) is 6.07 Å². The van der Waals surface area contributed by atoms with Crippen LogP contribution in [-0.4, -0.2) is 4.98 Å². The summed E-state index contributed by atoms with van der Waals surface area (Å²) in [6.45, 7) is 0. The number of nitrogens with two attached hydrogens (primary N) is 1. The Morgan fingerprint density at radius 1 is 1.31 bits per heavy atom. The molecule has 0 unspecified atom stereocenters. The molecule has 0 aliphatic carbocycles. The number of hydrogen-bond donors (Lipinski definition) is 1. The van der Waals surface area contributed by atoms with Crippen LogP contribution in [-0.2, 0) is 0 Å². The van der Waals surface area contributed by atoms with Gasteiger partial charge in [-0.15, -0.1) is 11.3 Å². The number of nitrogens with zero attached hydrogens (tertiary/aromatic N) is 2. The number of nitriles is 1. The van der Waals surface area contributed by atoms with Crippen LogP contribution in [0.5, 0.6) is 0 Å². The van der Waals surface area contributed by atoms with E-state index in [0.29, 0.717) is 11.3 Å². The fourth-order valence-corrected chi connectivity index (χ4v) is 1.94. The number of hydrogen-bond acceptors (Lipinski definition) is 4. The second-order valence-corrected chi connectivity index (χ2v) is 4.02. The molecule has 3 nitrogen and oxygen atoms in total. The summed E-state index contributed by atoms with van der Waals surface area (Å²) in [4.78, 5) is 4.77. The normalized spacial score (nSPS) is 11.7. The fourth-order valence-electron chi connectivity index (χ4n) is 1.36. The van der Waals surface area contributed by atoms with Gasteiger partial charge in [-0.25, -0.2) is 0 Å². The van der Waals surface area contributed by atoms with Crippen molar-refractivity contribution in [3.63, 3.8) is 0 Å². The van der Waals surface area contributed by atoms with Crippen molar-refractivity contribution in [2.75, 3.05) is 0 Å². The SMILES string of the molecule is N#C/C(=C(/N)c1cncs1)c1ccccc1. The van der Waals surface area contributed by atoms with Crippen LogP contribution < -0.4 is 5.73 Å². The van der Waals surface area contributed by atoms with E-state index >= 15 is 0 Å². The molecule has 1 aromatic carbocycles. The van der Waals surface area contributed by atoms with Crippen LogP contribution in [0.4, 0.5) is 0 Å². The van der Waals surface area contributed by atoms with Crippen molar-refractivity contribution in [2.24, 2.45) is 5.73 Å². The number of allylic oxidation sites excluding steroid dienone is 1. The zero-order valence-corrected chi connectivity index (χ0v) is 9.24. The Bertz CT molecular complexity index is 535. The highest BCUT2D eigenvalue weighted by Gasteiger charge is 2.08. The molecule has 1 aromatic heterocycles. The van der Waals surface area contributed by atoms with E-state index in [0.717, 1.165) is 10.4 Å². The van der Waals surface area contributed by atoms with Gasteiger partial charge >= 0.3 is 0 Å². The highest BCUT2D eigenvalue weighted by molar-refractivity contribution is 7.10. The summed E-state index contributed by atoms with van der Waals surface area (Å²) in [5.41, 5.74) is 9.45. The zero-order valence-electron chi connectivity index (χ0n) is 8.42. The molecule has 0 bridgehead atoms. The largest absolute Gasteiger partial charge is 0.396 e. The topological polar surface area (TPSA) is 62.7 Å². The van der Waals surface area contributed by atoms with Gasteiger partial charge in [0.2, 0.25) is 0 Å². The summed E-state index contributed by atoms with van der Waals surface area (Å²) in [6.07, 6.45) is 1.67. The lowest BCUT2D eigenvalue weighted by Gasteiger charge is -2.02. The molecular formula is C12H9N3S. The van der Waals surface area contributed by atoms with E-state index in [9.17, 15) is 0 Å². The minimum absolute atomic E-state index is 0.483. The fraction of sp³-hybridized carbons (Fsp3) is 0. The highest BCUT2D eigenvalue weighted by Crippen LogP contribution is 2.23. The molecule has 0 aliphatic rings. The van der Waals surface area contributed by atoms with Gasteiger partial charge in [-0.3, -0.25) is 4.98 Å². The molecule has 2 N–H and O–H groups in total. The number of benzene rings is 1. The first-order valence-electron chi connectivity index (χ1n) is 4.67. The van der Waals surface area contributed by atoms with Gasteiger partial charge in [0.05, 0.1) is 21.7 Å². The van der Waals surface area contributed by atoms with E-state index in [4.69, 9.17) is 11.0 Å². The molecule has 0 amide bonds. The summed E-state index contributed by atoms with van der Waals surface area (Å²) >= 11 is 1.42. The first-order valence-corrected chi connectivity index (χ1v) is 5.55. The summed E-state index contributed by atoms with van der Waals surface area (Å²) in [5.74, 6) is 0. The van der Waals surface area contributed by atoms with Crippen molar-refractivity contribution >= 4 is 22.6 Å². The molecule has 78 valence electrons. The van der Waals surface area contributed by atoms with Crippen LogP contribution in [0.2, 0.25) is 0 Å². The average Bonchev–Trinajstić information content (AvgIpc) is 2.85. The molecule has 16 heavy (non-hydrogen) atoms. The van der Waals surface area contributed by atoms with Crippen molar-refractivity contribution < 1.29 is 0 Å². The summed E-state index contributed by atoms with van der Waals surface area (Å²) in [7, 11) is 0. The van der Waals surface area contributed by atoms with Crippen LogP contribution in [0.25, 0.3) is 11.3 Å². The Morgan fingerprint density at radius 2 is 2.06 bits per heavy atom. The second kappa shape index (κ2) is 4.60. The van der Waals surface area contributed by atoms with Crippen LogP contribution >= 0.6 is 11.3 Å². The third kappa shape index (κ3) is 1.95. The van der Waals surface area contributed by atoms with E-state index in [-0.39, 0.29) is 0 Å². The van der Waals surface area contributed by atoms with Gasteiger partial charge in [-0.2, -0.15) is 5.26 Å². The molecule has 0 fully saturated rings. The van der Waals surface area contributed by atoms with Crippen molar-refractivity contribution in [2.45, 2.75) is 0 Å². The first kappa shape index (κ1) is 10.4. The third-order valence-electron chi connectivity index (χ3n) is 2.14. The predicted molar refractivity (Wildman–Crippen MR) is 65.2 cm³/mol. The zero-order chi connectivity index (χ0) is 11.4. The van der Waals surface area contributed by atoms with Crippen molar-refractivity contribution in [1.29, 1.82) is 5.26 Å². The Labute approximate surface area is 97.5 Å². The minimum Gasteiger partial charge on any atom is -0.396 e.